The van der Waals surface area contributed by atoms with Crippen molar-refractivity contribution in [3.63, 3.8) is 0 Å². The van der Waals surface area contributed by atoms with Crippen molar-refractivity contribution in [1.82, 2.24) is 9.80 Å². The zero-order valence-corrected chi connectivity index (χ0v) is 18.0. The highest BCUT2D eigenvalue weighted by atomic mass is 16.2. The van der Waals surface area contributed by atoms with E-state index in [1.165, 1.54) is 31.4 Å². The minimum absolute atomic E-state index is 0.0799. The van der Waals surface area contributed by atoms with Gasteiger partial charge in [0.2, 0.25) is 5.91 Å². The second kappa shape index (κ2) is 10.3. The molecule has 156 valence electrons. The molecule has 2 heterocycles. The van der Waals surface area contributed by atoms with Gasteiger partial charge in [-0.25, -0.2) is 0 Å². The Morgan fingerprint density at radius 3 is 2.21 bits per heavy atom. The molecule has 0 aliphatic carbocycles. The molecular formula is C23H38N4O. The van der Waals surface area contributed by atoms with E-state index < -0.39 is 0 Å². The number of nitrogens with zero attached hydrogens (tertiary/aromatic N) is 3. The summed E-state index contributed by atoms with van der Waals surface area (Å²) in [5.41, 5.74) is 2.17. The Balaban J connectivity index is 1.45. The first-order valence-electron chi connectivity index (χ1n) is 11.1. The summed E-state index contributed by atoms with van der Waals surface area (Å²) >= 11 is 0. The number of rotatable bonds is 6. The Hall–Kier alpha value is -1.59. The quantitative estimate of drug-likeness (QED) is 0.807. The maximum absolute atomic E-state index is 12.5. The van der Waals surface area contributed by atoms with Crippen LogP contribution in [0.15, 0.2) is 24.3 Å². The molecule has 1 aromatic rings. The maximum atomic E-state index is 12.5. The molecule has 0 atom stereocenters. The van der Waals surface area contributed by atoms with Crippen LogP contribution in [0, 0.1) is 0 Å². The number of carbonyl (C=O) groups excluding carboxylic acids is 1. The third kappa shape index (κ3) is 5.95. The van der Waals surface area contributed by atoms with E-state index in [-0.39, 0.29) is 5.91 Å². The SMILES string of the molecule is CC(C)N1CCC(N(C)CC(=O)Nc2ccc(N3CCCCCC3)cc2)CC1. The van der Waals surface area contributed by atoms with Crippen molar-refractivity contribution >= 4 is 17.3 Å². The molecule has 0 unspecified atom stereocenters. The van der Waals surface area contributed by atoms with Crippen LogP contribution in [0.4, 0.5) is 11.4 Å². The highest BCUT2D eigenvalue weighted by Crippen LogP contribution is 2.22. The summed E-state index contributed by atoms with van der Waals surface area (Å²) in [5, 5.41) is 3.07. The second-order valence-corrected chi connectivity index (χ2v) is 8.77. The van der Waals surface area contributed by atoms with Gasteiger partial charge in [0, 0.05) is 36.5 Å². The van der Waals surface area contributed by atoms with Crippen LogP contribution in [0.1, 0.15) is 52.4 Å². The summed E-state index contributed by atoms with van der Waals surface area (Å²) in [6, 6.07) is 9.50. The van der Waals surface area contributed by atoms with Gasteiger partial charge in [0.05, 0.1) is 6.54 Å². The average molecular weight is 387 g/mol. The third-order valence-electron chi connectivity index (χ3n) is 6.37. The van der Waals surface area contributed by atoms with Crippen LogP contribution in [-0.4, -0.2) is 67.6 Å². The fraction of sp³-hybridized carbons (Fsp3) is 0.696. The van der Waals surface area contributed by atoms with E-state index in [0.29, 0.717) is 18.6 Å². The predicted octanol–water partition coefficient (Wildman–Crippen LogP) is 3.81. The zero-order chi connectivity index (χ0) is 19.9. The topological polar surface area (TPSA) is 38.8 Å². The van der Waals surface area contributed by atoms with Crippen molar-refractivity contribution in [3.05, 3.63) is 24.3 Å². The highest BCUT2D eigenvalue weighted by Gasteiger charge is 2.24. The van der Waals surface area contributed by atoms with Gasteiger partial charge >= 0.3 is 0 Å². The van der Waals surface area contributed by atoms with Crippen LogP contribution in [0.3, 0.4) is 0 Å². The van der Waals surface area contributed by atoms with E-state index in [2.05, 4.69) is 53.0 Å². The molecule has 1 aromatic carbocycles. The van der Waals surface area contributed by atoms with Crippen LogP contribution in [0.2, 0.25) is 0 Å². The minimum Gasteiger partial charge on any atom is -0.372 e. The molecule has 0 saturated carbocycles. The number of hydrogen-bond acceptors (Lipinski definition) is 4. The standard InChI is InChI=1S/C23H38N4O/c1-19(2)26-16-12-21(13-17-26)25(3)18-23(28)24-20-8-10-22(11-9-20)27-14-6-4-5-7-15-27/h8-11,19,21H,4-7,12-18H2,1-3H3,(H,24,28). The van der Waals surface area contributed by atoms with E-state index >= 15 is 0 Å². The molecule has 5 heteroatoms. The fourth-order valence-electron chi connectivity index (χ4n) is 4.48. The smallest absolute Gasteiger partial charge is 0.238 e. The molecule has 2 fully saturated rings. The first-order chi connectivity index (χ1) is 13.5. The Morgan fingerprint density at radius 2 is 1.64 bits per heavy atom. The summed E-state index contributed by atoms with van der Waals surface area (Å²) in [5.74, 6) is 0.0799. The van der Waals surface area contributed by atoms with Gasteiger partial charge in [0.25, 0.3) is 0 Å². The van der Waals surface area contributed by atoms with E-state index in [1.807, 2.05) is 12.1 Å². The van der Waals surface area contributed by atoms with Gasteiger partial charge < -0.3 is 15.1 Å². The minimum atomic E-state index is 0.0799. The lowest BCUT2D eigenvalue weighted by Gasteiger charge is -2.38. The molecule has 2 aliphatic rings. The Morgan fingerprint density at radius 1 is 1.04 bits per heavy atom. The second-order valence-electron chi connectivity index (χ2n) is 8.77. The molecule has 2 saturated heterocycles. The molecule has 0 aromatic heterocycles. The van der Waals surface area contributed by atoms with Crippen molar-refractivity contribution in [2.45, 2.75) is 64.5 Å². The molecule has 0 spiro atoms. The van der Waals surface area contributed by atoms with Crippen molar-refractivity contribution in [3.8, 4) is 0 Å². The van der Waals surface area contributed by atoms with E-state index in [1.54, 1.807) is 0 Å². The lowest BCUT2D eigenvalue weighted by Crippen LogP contribution is -2.47. The maximum Gasteiger partial charge on any atom is 0.238 e. The highest BCUT2D eigenvalue weighted by molar-refractivity contribution is 5.92. The molecule has 28 heavy (non-hydrogen) atoms. The number of nitrogens with one attached hydrogen (secondary N) is 1. The number of amides is 1. The van der Waals surface area contributed by atoms with Gasteiger partial charge in [-0.05, 0) is 83.9 Å². The van der Waals surface area contributed by atoms with Crippen LogP contribution < -0.4 is 10.2 Å². The summed E-state index contributed by atoms with van der Waals surface area (Å²) in [7, 11) is 2.08. The molecule has 0 radical (unpaired) electrons. The van der Waals surface area contributed by atoms with Crippen molar-refractivity contribution in [2.24, 2.45) is 0 Å². The number of piperidine rings is 1. The largest absolute Gasteiger partial charge is 0.372 e. The van der Waals surface area contributed by atoms with Gasteiger partial charge in [0.15, 0.2) is 0 Å². The number of carbonyl (C=O) groups is 1. The molecule has 1 amide bonds. The van der Waals surface area contributed by atoms with Crippen molar-refractivity contribution < 1.29 is 4.79 Å². The Bertz CT molecular complexity index is 600. The molecule has 0 bridgehead atoms. The molecule has 1 N–H and O–H groups in total. The van der Waals surface area contributed by atoms with E-state index in [4.69, 9.17) is 0 Å². The fourth-order valence-corrected chi connectivity index (χ4v) is 4.48. The molecule has 2 aliphatic heterocycles. The van der Waals surface area contributed by atoms with Crippen LogP contribution in [0.25, 0.3) is 0 Å². The zero-order valence-electron chi connectivity index (χ0n) is 18.0. The normalized spacial score (nSPS) is 19.8. The number of anilines is 2. The first kappa shape index (κ1) is 21.1. The average Bonchev–Trinajstić information content (AvgIpc) is 2.98. The van der Waals surface area contributed by atoms with Crippen molar-refractivity contribution in [1.29, 1.82) is 0 Å². The summed E-state index contributed by atoms with van der Waals surface area (Å²) in [6.07, 6.45) is 7.53. The van der Waals surface area contributed by atoms with Crippen LogP contribution in [0.5, 0.6) is 0 Å². The van der Waals surface area contributed by atoms with Crippen molar-refractivity contribution in [2.75, 3.05) is 50.0 Å². The predicted molar refractivity (Wildman–Crippen MR) is 118 cm³/mol. The number of benzene rings is 1. The Labute approximate surface area is 171 Å². The van der Waals surface area contributed by atoms with E-state index in [9.17, 15) is 4.79 Å². The molecule has 3 rings (SSSR count). The third-order valence-corrected chi connectivity index (χ3v) is 6.37. The monoisotopic (exact) mass is 386 g/mol. The van der Waals surface area contributed by atoms with Gasteiger partial charge in [-0.2, -0.15) is 0 Å². The van der Waals surface area contributed by atoms with Gasteiger partial charge in [-0.15, -0.1) is 0 Å². The van der Waals surface area contributed by atoms with Crippen LogP contribution in [-0.2, 0) is 4.79 Å². The van der Waals surface area contributed by atoms with Gasteiger partial charge in [0.1, 0.15) is 0 Å². The number of likely N-dealkylation sites (N-methyl/N-ethyl adjacent to an activating group) is 1. The molecule has 5 nitrogen and oxygen atoms in total. The molecular weight excluding hydrogens is 348 g/mol. The van der Waals surface area contributed by atoms with Gasteiger partial charge in [-0.1, -0.05) is 12.8 Å². The summed E-state index contributed by atoms with van der Waals surface area (Å²) in [4.78, 5) is 19.7. The number of likely N-dealkylation sites (tertiary alicyclic amines) is 1. The van der Waals surface area contributed by atoms with Crippen LogP contribution >= 0.6 is 0 Å². The lowest BCUT2D eigenvalue weighted by atomic mass is 10.0. The van der Waals surface area contributed by atoms with E-state index in [0.717, 1.165) is 44.7 Å². The van der Waals surface area contributed by atoms with Gasteiger partial charge in [-0.3, -0.25) is 9.69 Å². The number of hydrogen-bond donors (Lipinski definition) is 1. The summed E-state index contributed by atoms with van der Waals surface area (Å²) in [6.45, 7) is 9.53. The lowest BCUT2D eigenvalue weighted by molar-refractivity contribution is -0.117. The Kier molecular flexibility index (Phi) is 7.74. The first-order valence-corrected chi connectivity index (χ1v) is 11.1. The summed E-state index contributed by atoms with van der Waals surface area (Å²) < 4.78 is 0.